The Bertz CT molecular complexity index is 448. The Labute approximate surface area is 115 Å². The van der Waals surface area contributed by atoms with Crippen LogP contribution in [0.1, 0.15) is 54.9 Å². The van der Waals surface area contributed by atoms with E-state index in [1.54, 1.807) is 18.2 Å². The second-order valence-corrected chi connectivity index (χ2v) is 5.53. The van der Waals surface area contributed by atoms with E-state index in [-0.39, 0.29) is 12.1 Å². The number of nitrogens with two attached hydrogens (primary N) is 1. The average Bonchev–Trinajstić information content (AvgIpc) is 2.42. The van der Waals surface area contributed by atoms with Gasteiger partial charge in [0, 0.05) is 5.69 Å². The third-order valence-electron chi connectivity index (χ3n) is 4.15. The van der Waals surface area contributed by atoms with Gasteiger partial charge in [0.2, 0.25) is 0 Å². The van der Waals surface area contributed by atoms with E-state index in [9.17, 15) is 4.79 Å². The molecule has 0 atom stereocenters. The van der Waals surface area contributed by atoms with E-state index in [0.29, 0.717) is 11.3 Å². The standard InChI is InChI=1S/C16H23NO2/c1-3-12-4-7-14(8-5-12)19-16(18)13-6-9-15(17)11(2)10-13/h6,9-10,12,14H,3-5,7-8,17H2,1-2H3. The van der Waals surface area contributed by atoms with Crippen LogP contribution < -0.4 is 5.73 Å². The van der Waals surface area contributed by atoms with Crippen LogP contribution in [0, 0.1) is 12.8 Å². The highest BCUT2D eigenvalue weighted by Gasteiger charge is 2.23. The molecule has 3 nitrogen and oxygen atoms in total. The molecule has 1 fully saturated rings. The lowest BCUT2D eigenvalue weighted by Crippen LogP contribution is -2.24. The number of ether oxygens (including phenoxy) is 1. The summed E-state index contributed by atoms with van der Waals surface area (Å²) in [6, 6.07) is 5.30. The van der Waals surface area contributed by atoms with Crippen LogP contribution in [0.3, 0.4) is 0 Å². The van der Waals surface area contributed by atoms with Gasteiger partial charge >= 0.3 is 5.97 Å². The van der Waals surface area contributed by atoms with Crippen molar-refractivity contribution < 1.29 is 9.53 Å². The molecule has 104 valence electrons. The molecule has 0 aromatic heterocycles. The Balaban J connectivity index is 1.92. The molecule has 0 aliphatic heterocycles. The molecule has 0 saturated heterocycles. The zero-order valence-corrected chi connectivity index (χ0v) is 11.8. The van der Waals surface area contributed by atoms with E-state index >= 15 is 0 Å². The van der Waals surface area contributed by atoms with Gasteiger partial charge in [-0.25, -0.2) is 4.79 Å². The summed E-state index contributed by atoms with van der Waals surface area (Å²) in [6.45, 7) is 4.13. The quantitative estimate of drug-likeness (QED) is 0.666. The summed E-state index contributed by atoms with van der Waals surface area (Å²) >= 11 is 0. The van der Waals surface area contributed by atoms with Crippen molar-refractivity contribution in [3.8, 4) is 0 Å². The van der Waals surface area contributed by atoms with Crippen LogP contribution in [-0.2, 0) is 4.74 Å². The lowest BCUT2D eigenvalue weighted by atomic mass is 9.86. The third kappa shape index (κ3) is 3.49. The van der Waals surface area contributed by atoms with Crippen LogP contribution in [-0.4, -0.2) is 12.1 Å². The SMILES string of the molecule is CCC1CCC(OC(=O)c2ccc(N)c(C)c2)CC1. The number of esters is 1. The highest BCUT2D eigenvalue weighted by Crippen LogP contribution is 2.28. The molecule has 1 aromatic rings. The van der Waals surface area contributed by atoms with Crippen molar-refractivity contribution in [2.24, 2.45) is 5.92 Å². The number of rotatable bonds is 3. The minimum Gasteiger partial charge on any atom is -0.459 e. The Kier molecular flexibility index (Phi) is 4.46. The molecule has 0 bridgehead atoms. The summed E-state index contributed by atoms with van der Waals surface area (Å²) in [5.74, 6) is 0.594. The van der Waals surface area contributed by atoms with Crippen molar-refractivity contribution in [2.45, 2.75) is 52.1 Å². The number of carbonyl (C=O) groups excluding carboxylic acids is 1. The predicted molar refractivity (Wildman–Crippen MR) is 77.0 cm³/mol. The van der Waals surface area contributed by atoms with E-state index in [0.717, 1.165) is 24.3 Å². The topological polar surface area (TPSA) is 52.3 Å². The molecule has 3 heteroatoms. The van der Waals surface area contributed by atoms with Gasteiger partial charge in [0.25, 0.3) is 0 Å². The number of hydrogen-bond acceptors (Lipinski definition) is 3. The maximum atomic E-state index is 12.1. The maximum Gasteiger partial charge on any atom is 0.338 e. The fourth-order valence-electron chi connectivity index (χ4n) is 2.68. The summed E-state index contributed by atoms with van der Waals surface area (Å²) in [4.78, 5) is 12.1. The Morgan fingerprint density at radius 1 is 1.32 bits per heavy atom. The van der Waals surface area contributed by atoms with E-state index in [4.69, 9.17) is 10.5 Å². The molecule has 0 spiro atoms. The molecule has 1 aliphatic rings. The molecule has 1 aliphatic carbocycles. The average molecular weight is 261 g/mol. The van der Waals surface area contributed by atoms with Gasteiger partial charge in [-0.1, -0.05) is 13.3 Å². The van der Waals surface area contributed by atoms with Crippen LogP contribution in [0.2, 0.25) is 0 Å². The molecule has 0 amide bonds. The van der Waals surface area contributed by atoms with Gasteiger partial charge in [0.15, 0.2) is 0 Å². The van der Waals surface area contributed by atoms with Gasteiger partial charge < -0.3 is 10.5 Å². The van der Waals surface area contributed by atoms with Crippen molar-refractivity contribution in [1.82, 2.24) is 0 Å². The van der Waals surface area contributed by atoms with Crippen molar-refractivity contribution >= 4 is 11.7 Å². The first kappa shape index (κ1) is 13.9. The first-order valence-corrected chi connectivity index (χ1v) is 7.17. The summed E-state index contributed by atoms with van der Waals surface area (Å²) < 4.78 is 5.59. The zero-order valence-electron chi connectivity index (χ0n) is 11.8. The summed E-state index contributed by atoms with van der Waals surface area (Å²) in [5.41, 5.74) is 7.98. The van der Waals surface area contributed by atoms with Gasteiger partial charge in [-0.05, 0) is 62.3 Å². The molecule has 1 saturated carbocycles. The lowest BCUT2D eigenvalue weighted by Gasteiger charge is -2.27. The predicted octanol–water partition coefficient (Wildman–Crippen LogP) is 3.70. The summed E-state index contributed by atoms with van der Waals surface area (Å²) in [7, 11) is 0. The number of benzene rings is 1. The number of nitrogen functional groups attached to an aromatic ring is 1. The maximum absolute atomic E-state index is 12.1. The highest BCUT2D eigenvalue weighted by molar-refractivity contribution is 5.90. The number of aryl methyl sites for hydroxylation is 1. The van der Waals surface area contributed by atoms with Crippen LogP contribution in [0.15, 0.2) is 18.2 Å². The Morgan fingerprint density at radius 3 is 2.58 bits per heavy atom. The smallest absolute Gasteiger partial charge is 0.338 e. The molecular formula is C16H23NO2. The van der Waals surface area contributed by atoms with E-state index < -0.39 is 0 Å². The largest absolute Gasteiger partial charge is 0.459 e. The molecule has 0 radical (unpaired) electrons. The van der Waals surface area contributed by atoms with E-state index in [2.05, 4.69) is 6.92 Å². The van der Waals surface area contributed by atoms with Crippen molar-refractivity contribution in [2.75, 3.05) is 5.73 Å². The van der Waals surface area contributed by atoms with E-state index in [1.165, 1.54) is 19.3 Å². The molecular weight excluding hydrogens is 238 g/mol. The second kappa shape index (κ2) is 6.09. The van der Waals surface area contributed by atoms with E-state index in [1.807, 2.05) is 6.92 Å². The second-order valence-electron chi connectivity index (χ2n) is 5.53. The first-order valence-electron chi connectivity index (χ1n) is 7.17. The third-order valence-corrected chi connectivity index (χ3v) is 4.15. The van der Waals surface area contributed by atoms with Crippen molar-refractivity contribution in [3.05, 3.63) is 29.3 Å². The Morgan fingerprint density at radius 2 is 2.00 bits per heavy atom. The monoisotopic (exact) mass is 261 g/mol. The highest BCUT2D eigenvalue weighted by atomic mass is 16.5. The van der Waals surface area contributed by atoms with Gasteiger partial charge in [-0.3, -0.25) is 0 Å². The van der Waals surface area contributed by atoms with Crippen LogP contribution in [0.4, 0.5) is 5.69 Å². The fourth-order valence-corrected chi connectivity index (χ4v) is 2.68. The molecule has 1 aromatic carbocycles. The lowest BCUT2D eigenvalue weighted by molar-refractivity contribution is 0.0164. The van der Waals surface area contributed by atoms with Crippen LogP contribution in [0.25, 0.3) is 0 Å². The Hall–Kier alpha value is -1.51. The van der Waals surface area contributed by atoms with Crippen LogP contribution >= 0.6 is 0 Å². The first-order chi connectivity index (χ1) is 9.10. The minimum atomic E-state index is -0.219. The molecule has 0 unspecified atom stereocenters. The molecule has 2 rings (SSSR count). The summed E-state index contributed by atoms with van der Waals surface area (Å²) in [6.07, 6.45) is 5.67. The fraction of sp³-hybridized carbons (Fsp3) is 0.562. The normalized spacial score (nSPS) is 23.1. The summed E-state index contributed by atoms with van der Waals surface area (Å²) in [5, 5.41) is 0. The van der Waals surface area contributed by atoms with Gasteiger partial charge in [0.1, 0.15) is 6.10 Å². The molecule has 19 heavy (non-hydrogen) atoms. The number of carbonyl (C=O) groups is 1. The van der Waals surface area contributed by atoms with Gasteiger partial charge in [-0.15, -0.1) is 0 Å². The zero-order chi connectivity index (χ0) is 13.8. The van der Waals surface area contributed by atoms with Gasteiger partial charge in [-0.2, -0.15) is 0 Å². The molecule has 2 N–H and O–H groups in total. The molecule has 0 heterocycles. The van der Waals surface area contributed by atoms with Crippen LogP contribution in [0.5, 0.6) is 0 Å². The number of hydrogen-bond donors (Lipinski definition) is 1. The van der Waals surface area contributed by atoms with Crippen molar-refractivity contribution in [1.29, 1.82) is 0 Å². The van der Waals surface area contributed by atoms with Gasteiger partial charge in [0.05, 0.1) is 5.56 Å². The van der Waals surface area contributed by atoms with Crippen molar-refractivity contribution in [3.63, 3.8) is 0 Å². The minimum absolute atomic E-state index is 0.0909. The number of anilines is 1.